The lowest BCUT2D eigenvalue weighted by Gasteiger charge is -2.33. The molecule has 3 aromatic rings. The van der Waals surface area contributed by atoms with Gasteiger partial charge in [-0.3, -0.25) is 19.2 Å². The van der Waals surface area contributed by atoms with Gasteiger partial charge < -0.3 is 5.32 Å². The number of piperazine rings is 1. The molecular weight excluding hydrogens is 424 g/mol. The molecule has 0 spiro atoms. The third kappa shape index (κ3) is 5.11. The number of hydrogen-bond acceptors (Lipinski definition) is 5. The fraction of sp³-hybridized carbons (Fsp3) is 0.370. The summed E-state index contributed by atoms with van der Waals surface area (Å²) < 4.78 is 2.17. The highest BCUT2D eigenvalue weighted by Gasteiger charge is 2.22. The molecule has 0 unspecified atom stereocenters. The Hall–Kier alpha value is -3.29. The maximum absolute atomic E-state index is 12.7. The fourth-order valence-electron chi connectivity index (χ4n) is 4.79. The second-order valence-corrected chi connectivity index (χ2v) is 9.00. The number of carbonyl (C=O) groups is 1. The minimum Gasteiger partial charge on any atom is -0.325 e. The quantitative estimate of drug-likeness (QED) is 0.592. The normalized spacial score (nSPS) is 16.4. The van der Waals surface area contributed by atoms with Crippen molar-refractivity contribution in [2.75, 3.05) is 44.6 Å². The Bertz CT molecular complexity index is 1150. The Morgan fingerprint density at radius 2 is 1.79 bits per heavy atom. The summed E-state index contributed by atoms with van der Waals surface area (Å²) in [6.07, 6.45) is 7.04. The zero-order valence-electron chi connectivity index (χ0n) is 19.8. The van der Waals surface area contributed by atoms with Crippen LogP contribution in [-0.2, 0) is 24.1 Å². The SMILES string of the molecule is CCc1nnc2n1-c1ccc(NC(=O)CN3CCN(C/C=C/c4ccccc4)CC3)cc1CC2. The Kier molecular flexibility index (Phi) is 6.83. The highest BCUT2D eigenvalue weighted by Crippen LogP contribution is 2.28. The molecule has 3 heterocycles. The van der Waals surface area contributed by atoms with Crippen LogP contribution in [0.1, 0.15) is 29.7 Å². The number of aryl methyl sites for hydroxylation is 3. The van der Waals surface area contributed by atoms with Gasteiger partial charge in [0.25, 0.3) is 0 Å². The Balaban J connectivity index is 1.11. The van der Waals surface area contributed by atoms with Crippen LogP contribution < -0.4 is 5.32 Å². The van der Waals surface area contributed by atoms with Crippen molar-refractivity contribution in [3.8, 4) is 5.69 Å². The first-order chi connectivity index (χ1) is 16.7. The van der Waals surface area contributed by atoms with Crippen molar-refractivity contribution in [3.05, 3.63) is 77.4 Å². The van der Waals surface area contributed by atoms with Crippen molar-refractivity contribution in [3.63, 3.8) is 0 Å². The monoisotopic (exact) mass is 456 g/mol. The van der Waals surface area contributed by atoms with E-state index in [2.05, 4.69) is 85.4 Å². The largest absolute Gasteiger partial charge is 0.325 e. The van der Waals surface area contributed by atoms with Crippen molar-refractivity contribution in [1.29, 1.82) is 0 Å². The molecule has 1 saturated heterocycles. The molecule has 2 aliphatic heterocycles. The number of nitrogens with one attached hydrogen (secondary N) is 1. The standard InChI is InChI=1S/C27H32N6O/c1-2-25-29-30-26-13-10-22-19-23(11-12-24(22)33(25)26)28-27(34)20-32-17-15-31(16-18-32)14-6-9-21-7-4-3-5-8-21/h3-9,11-12,19H,2,10,13-18,20H2,1H3,(H,28,34)/b9-6+. The van der Waals surface area contributed by atoms with E-state index in [4.69, 9.17) is 0 Å². The van der Waals surface area contributed by atoms with E-state index >= 15 is 0 Å². The second-order valence-electron chi connectivity index (χ2n) is 9.00. The zero-order valence-corrected chi connectivity index (χ0v) is 19.8. The van der Waals surface area contributed by atoms with E-state index in [0.717, 1.165) is 75.0 Å². The first kappa shape index (κ1) is 22.5. The van der Waals surface area contributed by atoms with E-state index in [9.17, 15) is 4.79 Å². The molecule has 176 valence electrons. The number of nitrogens with zero attached hydrogens (tertiary/aromatic N) is 5. The molecule has 0 aliphatic carbocycles. The molecule has 0 bridgehead atoms. The summed E-state index contributed by atoms with van der Waals surface area (Å²) in [6.45, 7) is 7.25. The number of anilines is 1. The molecule has 1 amide bonds. The lowest BCUT2D eigenvalue weighted by Crippen LogP contribution is -2.48. The molecule has 0 saturated carbocycles. The van der Waals surface area contributed by atoms with Crippen molar-refractivity contribution in [2.24, 2.45) is 0 Å². The summed E-state index contributed by atoms with van der Waals surface area (Å²) in [4.78, 5) is 17.4. The number of aromatic nitrogens is 3. The minimum atomic E-state index is 0.0485. The highest BCUT2D eigenvalue weighted by atomic mass is 16.2. The summed E-state index contributed by atoms with van der Waals surface area (Å²) in [5.74, 6) is 2.06. The summed E-state index contributed by atoms with van der Waals surface area (Å²) in [6, 6.07) is 16.6. The fourth-order valence-corrected chi connectivity index (χ4v) is 4.79. The molecule has 1 aromatic heterocycles. The molecule has 1 fully saturated rings. The van der Waals surface area contributed by atoms with Gasteiger partial charge in [0.2, 0.25) is 5.91 Å². The van der Waals surface area contributed by atoms with E-state index in [-0.39, 0.29) is 5.91 Å². The Morgan fingerprint density at radius 1 is 1.00 bits per heavy atom. The number of amides is 1. The van der Waals surface area contributed by atoms with Gasteiger partial charge in [-0.05, 0) is 35.7 Å². The van der Waals surface area contributed by atoms with Gasteiger partial charge in [-0.25, -0.2) is 0 Å². The van der Waals surface area contributed by atoms with Gasteiger partial charge in [0.05, 0.1) is 12.2 Å². The lowest BCUT2D eigenvalue weighted by atomic mass is 10.0. The maximum atomic E-state index is 12.7. The molecule has 1 N–H and O–H groups in total. The molecule has 0 atom stereocenters. The maximum Gasteiger partial charge on any atom is 0.238 e. The molecule has 7 heteroatoms. The summed E-state index contributed by atoms with van der Waals surface area (Å²) in [5.41, 5.74) is 4.46. The van der Waals surface area contributed by atoms with E-state index in [0.29, 0.717) is 6.54 Å². The van der Waals surface area contributed by atoms with Crippen LogP contribution >= 0.6 is 0 Å². The van der Waals surface area contributed by atoms with Crippen LogP contribution in [0.5, 0.6) is 0 Å². The topological polar surface area (TPSA) is 66.3 Å². The molecule has 0 radical (unpaired) electrons. The average Bonchev–Trinajstić information content (AvgIpc) is 3.29. The van der Waals surface area contributed by atoms with Gasteiger partial charge in [0.15, 0.2) is 0 Å². The highest BCUT2D eigenvalue weighted by molar-refractivity contribution is 5.92. The number of hydrogen-bond donors (Lipinski definition) is 1. The summed E-state index contributed by atoms with van der Waals surface area (Å²) in [5, 5.41) is 11.7. The molecular formula is C27H32N6O. The van der Waals surface area contributed by atoms with E-state index < -0.39 is 0 Å². The van der Waals surface area contributed by atoms with E-state index in [1.165, 1.54) is 11.1 Å². The number of carbonyl (C=O) groups excluding carboxylic acids is 1. The van der Waals surface area contributed by atoms with Gasteiger partial charge in [-0.1, -0.05) is 49.4 Å². The molecule has 2 aliphatic rings. The van der Waals surface area contributed by atoms with E-state index in [1.54, 1.807) is 0 Å². The number of fused-ring (bicyclic) bond motifs is 3. The Morgan fingerprint density at radius 3 is 2.59 bits per heavy atom. The third-order valence-corrected chi connectivity index (χ3v) is 6.64. The molecule has 34 heavy (non-hydrogen) atoms. The van der Waals surface area contributed by atoms with Crippen LogP contribution in [0, 0.1) is 0 Å². The minimum absolute atomic E-state index is 0.0485. The summed E-state index contributed by atoms with van der Waals surface area (Å²) >= 11 is 0. The van der Waals surface area contributed by atoms with Crippen LogP contribution in [0.25, 0.3) is 11.8 Å². The van der Waals surface area contributed by atoms with Crippen LogP contribution in [0.15, 0.2) is 54.6 Å². The van der Waals surface area contributed by atoms with Crippen molar-refractivity contribution in [1.82, 2.24) is 24.6 Å². The molecule has 7 nitrogen and oxygen atoms in total. The van der Waals surface area contributed by atoms with Gasteiger partial charge in [0.1, 0.15) is 11.6 Å². The van der Waals surface area contributed by atoms with Crippen LogP contribution in [-0.4, -0.2) is 69.7 Å². The van der Waals surface area contributed by atoms with Crippen molar-refractivity contribution < 1.29 is 4.79 Å². The number of benzene rings is 2. The van der Waals surface area contributed by atoms with Crippen molar-refractivity contribution in [2.45, 2.75) is 26.2 Å². The first-order valence-corrected chi connectivity index (χ1v) is 12.2. The third-order valence-electron chi connectivity index (χ3n) is 6.64. The van der Waals surface area contributed by atoms with Gasteiger partial charge in [-0.15, -0.1) is 10.2 Å². The van der Waals surface area contributed by atoms with E-state index in [1.807, 2.05) is 12.1 Å². The number of rotatable bonds is 7. The van der Waals surface area contributed by atoms with Gasteiger partial charge in [0, 0.05) is 51.3 Å². The lowest BCUT2D eigenvalue weighted by molar-refractivity contribution is -0.117. The van der Waals surface area contributed by atoms with Crippen molar-refractivity contribution >= 4 is 17.7 Å². The summed E-state index contributed by atoms with van der Waals surface area (Å²) in [7, 11) is 0. The molecule has 2 aromatic carbocycles. The zero-order chi connectivity index (χ0) is 23.3. The van der Waals surface area contributed by atoms with Crippen LogP contribution in [0.4, 0.5) is 5.69 Å². The van der Waals surface area contributed by atoms with Gasteiger partial charge >= 0.3 is 0 Å². The Labute approximate surface area is 201 Å². The first-order valence-electron chi connectivity index (χ1n) is 12.2. The van der Waals surface area contributed by atoms with Gasteiger partial charge in [-0.2, -0.15) is 0 Å². The predicted octanol–water partition coefficient (Wildman–Crippen LogP) is 3.20. The average molecular weight is 457 g/mol. The second kappa shape index (κ2) is 10.3. The van der Waals surface area contributed by atoms with Crippen LogP contribution in [0.2, 0.25) is 0 Å². The van der Waals surface area contributed by atoms with Crippen LogP contribution in [0.3, 0.4) is 0 Å². The predicted molar refractivity (Wildman–Crippen MR) is 135 cm³/mol. The smallest absolute Gasteiger partial charge is 0.238 e. The molecule has 5 rings (SSSR count).